The molecule has 0 aromatic heterocycles. The molecule has 79 heavy (non-hydrogen) atoms. The Balaban J connectivity index is 4.41. The van der Waals surface area contributed by atoms with E-state index in [1.54, 1.807) is 0 Å². The zero-order chi connectivity index (χ0) is 57.1. The van der Waals surface area contributed by atoms with Crippen LogP contribution in [0.4, 0.5) is 0 Å². The monoisotopic (exact) mass is 1090 g/mol. The summed E-state index contributed by atoms with van der Waals surface area (Å²) >= 11 is 0. The highest BCUT2D eigenvalue weighted by Crippen LogP contribution is 2.15. The van der Waals surface area contributed by atoms with Gasteiger partial charge in [0.2, 0.25) is 0 Å². The Bertz CT molecular complexity index is 1780. The third-order valence-corrected chi connectivity index (χ3v) is 13.0. The average molecular weight is 1090 g/mol. The Kier molecular flexibility index (Phi) is 61.4. The van der Waals surface area contributed by atoms with Crippen LogP contribution in [-0.2, 0) is 28.6 Å². The molecule has 444 valence electrons. The van der Waals surface area contributed by atoms with Crippen LogP contribution in [-0.4, -0.2) is 37.2 Å². The fraction of sp³-hybridized carbons (Fsp3) is 0.603. The fourth-order valence-corrected chi connectivity index (χ4v) is 8.33. The van der Waals surface area contributed by atoms with Crippen molar-refractivity contribution < 1.29 is 28.6 Å². The maximum absolute atomic E-state index is 12.9. The van der Waals surface area contributed by atoms with Crippen LogP contribution < -0.4 is 0 Å². The second-order valence-electron chi connectivity index (χ2n) is 20.5. The average Bonchev–Trinajstić information content (AvgIpc) is 3.45. The molecule has 0 aliphatic heterocycles. The second kappa shape index (κ2) is 65.5. The van der Waals surface area contributed by atoms with Crippen molar-refractivity contribution in [1.29, 1.82) is 0 Å². The van der Waals surface area contributed by atoms with E-state index < -0.39 is 6.10 Å². The molecule has 0 fully saturated rings. The Morgan fingerprint density at radius 2 is 0.456 bits per heavy atom. The molecule has 1 unspecified atom stereocenters. The highest BCUT2D eigenvalue weighted by atomic mass is 16.6. The predicted octanol–water partition coefficient (Wildman–Crippen LogP) is 22.1. The number of carbonyl (C=O) groups excluding carboxylic acids is 3. The van der Waals surface area contributed by atoms with Crippen molar-refractivity contribution in [2.75, 3.05) is 13.2 Å². The maximum Gasteiger partial charge on any atom is 0.306 e. The van der Waals surface area contributed by atoms with Gasteiger partial charge in [-0.05, 0) is 141 Å². The maximum atomic E-state index is 12.9. The Hall–Kier alpha value is -4.97. The van der Waals surface area contributed by atoms with Gasteiger partial charge in [-0.1, -0.05) is 262 Å². The van der Waals surface area contributed by atoms with Crippen LogP contribution in [0.25, 0.3) is 0 Å². The Labute approximate surface area is 486 Å². The summed E-state index contributed by atoms with van der Waals surface area (Å²) in [4.78, 5) is 38.3. The van der Waals surface area contributed by atoms with Gasteiger partial charge in [0.25, 0.3) is 0 Å². The molecule has 0 N–H and O–H groups in total. The molecule has 0 spiro atoms. The molecule has 0 aliphatic carbocycles. The van der Waals surface area contributed by atoms with Crippen molar-refractivity contribution in [1.82, 2.24) is 0 Å². The van der Waals surface area contributed by atoms with E-state index in [4.69, 9.17) is 14.2 Å². The zero-order valence-corrected chi connectivity index (χ0v) is 50.8. The molecule has 0 saturated heterocycles. The number of ether oxygens (including phenoxy) is 3. The van der Waals surface area contributed by atoms with Crippen LogP contribution in [0.5, 0.6) is 0 Å². The van der Waals surface area contributed by atoms with Gasteiger partial charge in [-0.15, -0.1) is 0 Å². The molecule has 0 rings (SSSR count). The van der Waals surface area contributed by atoms with Crippen molar-refractivity contribution >= 4 is 17.9 Å². The van der Waals surface area contributed by atoms with Crippen LogP contribution in [0.15, 0.2) is 158 Å². The smallest absolute Gasteiger partial charge is 0.306 e. The molecule has 0 saturated carbocycles. The van der Waals surface area contributed by atoms with E-state index in [1.165, 1.54) is 57.8 Å². The molecule has 0 bridgehead atoms. The van der Waals surface area contributed by atoms with E-state index in [0.717, 1.165) is 167 Å². The summed E-state index contributed by atoms with van der Waals surface area (Å²) in [5, 5.41) is 0. The van der Waals surface area contributed by atoms with Gasteiger partial charge < -0.3 is 14.2 Å². The molecule has 0 heterocycles. The largest absolute Gasteiger partial charge is 0.462 e. The molecule has 0 aliphatic rings. The summed E-state index contributed by atoms with van der Waals surface area (Å²) in [7, 11) is 0. The van der Waals surface area contributed by atoms with Crippen LogP contribution in [0.1, 0.15) is 265 Å². The number of carbonyl (C=O) groups is 3. The SMILES string of the molecule is CC/C=C\C/C=C\C/C=C\C/C=C\C/C=C\CCCCCCCCCCCC(=O)OCC(COC(=O)CCCCC/C=C\C/C=C\C/C=C\CC)OC(=O)CCCCCCCCC/C=C\C/C=C\C/C=C\C/C=C\C/C=C\CC. The van der Waals surface area contributed by atoms with E-state index in [-0.39, 0.29) is 31.1 Å². The number of hydrogen-bond donors (Lipinski definition) is 0. The lowest BCUT2D eigenvalue weighted by molar-refractivity contribution is -0.167. The summed E-state index contributed by atoms with van der Waals surface area (Å²) in [5.74, 6) is -0.951. The minimum absolute atomic E-state index is 0.102. The lowest BCUT2D eigenvalue weighted by Gasteiger charge is -2.18. The second-order valence-corrected chi connectivity index (χ2v) is 20.5. The normalized spacial score (nSPS) is 13.2. The van der Waals surface area contributed by atoms with Crippen LogP contribution >= 0.6 is 0 Å². The van der Waals surface area contributed by atoms with Crippen LogP contribution in [0.3, 0.4) is 0 Å². The lowest BCUT2D eigenvalue weighted by atomic mass is 10.1. The molecule has 0 aromatic rings. The van der Waals surface area contributed by atoms with Crippen molar-refractivity contribution in [3.8, 4) is 0 Å². The predicted molar refractivity (Wildman–Crippen MR) is 343 cm³/mol. The fourth-order valence-electron chi connectivity index (χ4n) is 8.33. The number of hydrogen-bond acceptors (Lipinski definition) is 6. The standard InChI is InChI=1S/C73H116O6/c1-4-7-10-13-16-19-22-25-27-29-31-33-35-36-38-39-41-43-45-48-51-54-57-60-63-66-72(75)78-69-70(68-77-71(74)65-62-59-56-53-50-47-24-21-18-15-12-9-6-3)79-73(76)67-64-61-58-55-52-49-46-44-42-40-37-34-32-30-28-26-23-20-17-14-11-8-5-2/h7-12,16-21,25-28,31-34,36,38,40,42,47,50,70H,4-6,13-15,22-24,29-30,35,37,39,41,43-46,48-49,51-69H2,1-3H3/b10-7-,11-8-,12-9-,19-16-,20-17-,21-18-,27-25-,28-26-,33-31-,34-32-,38-36-,42-40-,50-47-. The first-order valence-electron chi connectivity index (χ1n) is 32.0. The van der Waals surface area contributed by atoms with E-state index in [9.17, 15) is 14.4 Å². The van der Waals surface area contributed by atoms with Gasteiger partial charge in [0.15, 0.2) is 6.10 Å². The highest BCUT2D eigenvalue weighted by Gasteiger charge is 2.19. The van der Waals surface area contributed by atoms with E-state index in [1.807, 2.05) is 0 Å². The Morgan fingerprint density at radius 3 is 0.722 bits per heavy atom. The van der Waals surface area contributed by atoms with E-state index in [2.05, 4.69) is 179 Å². The first kappa shape index (κ1) is 74.0. The first-order valence-corrected chi connectivity index (χ1v) is 32.0. The van der Waals surface area contributed by atoms with Crippen LogP contribution in [0.2, 0.25) is 0 Å². The molecule has 6 nitrogen and oxygen atoms in total. The summed E-state index contributed by atoms with van der Waals surface area (Å²) in [6.07, 6.45) is 95.3. The van der Waals surface area contributed by atoms with Gasteiger partial charge in [-0.3, -0.25) is 14.4 Å². The van der Waals surface area contributed by atoms with Gasteiger partial charge in [-0.2, -0.15) is 0 Å². The van der Waals surface area contributed by atoms with Gasteiger partial charge in [0.05, 0.1) is 0 Å². The minimum atomic E-state index is -0.808. The third kappa shape index (κ3) is 63.7. The molecule has 0 aromatic carbocycles. The topological polar surface area (TPSA) is 78.9 Å². The zero-order valence-electron chi connectivity index (χ0n) is 50.8. The number of allylic oxidation sites excluding steroid dienone is 26. The van der Waals surface area contributed by atoms with Gasteiger partial charge in [0, 0.05) is 19.3 Å². The highest BCUT2D eigenvalue weighted by molar-refractivity contribution is 5.71. The third-order valence-electron chi connectivity index (χ3n) is 13.0. The van der Waals surface area contributed by atoms with Crippen molar-refractivity contribution in [3.63, 3.8) is 0 Å². The van der Waals surface area contributed by atoms with Gasteiger partial charge in [-0.25, -0.2) is 0 Å². The number of esters is 3. The van der Waals surface area contributed by atoms with Gasteiger partial charge in [0.1, 0.15) is 13.2 Å². The van der Waals surface area contributed by atoms with Crippen molar-refractivity contribution in [2.45, 2.75) is 271 Å². The summed E-state index contributed by atoms with van der Waals surface area (Å²) < 4.78 is 16.9. The summed E-state index contributed by atoms with van der Waals surface area (Å²) in [6, 6.07) is 0. The van der Waals surface area contributed by atoms with Crippen molar-refractivity contribution in [3.05, 3.63) is 158 Å². The molecule has 0 amide bonds. The molecule has 0 radical (unpaired) electrons. The summed E-state index contributed by atoms with van der Waals surface area (Å²) in [6.45, 7) is 6.26. The minimum Gasteiger partial charge on any atom is -0.462 e. The van der Waals surface area contributed by atoms with Crippen LogP contribution in [0, 0.1) is 0 Å². The molecular formula is C73H116O6. The molecular weight excluding hydrogens is 973 g/mol. The quantitative estimate of drug-likeness (QED) is 0.0261. The Morgan fingerprint density at radius 1 is 0.253 bits per heavy atom. The number of unbranched alkanes of at least 4 members (excludes halogenated alkanes) is 19. The lowest BCUT2D eigenvalue weighted by Crippen LogP contribution is -2.30. The van der Waals surface area contributed by atoms with Crippen molar-refractivity contribution in [2.24, 2.45) is 0 Å². The molecule has 1 atom stereocenters. The first-order chi connectivity index (χ1) is 39.0. The van der Waals surface area contributed by atoms with E-state index >= 15 is 0 Å². The molecule has 6 heteroatoms. The van der Waals surface area contributed by atoms with Gasteiger partial charge >= 0.3 is 17.9 Å². The summed E-state index contributed by atoms with van der Waals surface area (Å²) in [5.41, 5.74) is 0. The van der Waals surface area contributed by atoms with E-state index in [0.29, 0.717) is 19.3 Å². The number of rotatable bonds is 56.